The van der Waals surface area contributed by atoms with Crippen molar-refractivity contribution in [2.45, 2.75) is 19.9 Å². The minimum Gasteiger partial charge on any atom is -0.321 e. The fourth-order valence-corrected chi connectivity index (χ4v) is 2.34. The molecule has 110 valence electrons. The lowest BCUT2D eigenvalue weighted by molar-refractivity contribution is 0.102. The number of nitrogens with zero attached hydrogens (tertiary/aromatic N) is 1. The van der Waals surface area contributed by atoms with Crippen LogP contribution in [-0.2, 0) is 6.54 Å². The van der Waals surface area contributed by atoms with Gasteiger partial charge in [0.15, 0.2) is 0 Å². The van der Waals surface area contributed by atoms with Gasteiger partial charge in [0.1, 0.15) is 5.82 Å². The lowest BCUT2D eigenvalue weighted by atomic mass is 10.2. The van der Waals surface area contributed by atoms with Gasteiger partial charge in [-0.1, -0.05) is 13.0 Å². The van der Waals surface area contributed by atoms with E-state index >= 15 is 0 Å². The lowest BCUT2D eigenvalue weighted by Crippen LogP contribution is -2.20. The molecule has 0 aliphatic rings. The second kappa shape index (κ2) is 6.67. The minimum absolute atomic E-state index is 0.115. The monoisotopic (exact) mass is 352 g/mol. The molecule has 2 rings (SSSR count). The van der Waals surface area contributed by atoms with E-state index in [1.165, 1.54) is 34.9 Å². The summed E-state index contributed by atoms with van der Waals surface area (Å²) in [6.45, 7) is 2.54. The zero-order valence-corrected chi connectivity index (χ0v) is 13.0. The zero-order valence-electron chi connectivity index (χ0n) is 11.4. The van der Waals surface area contributed by atoms with Gasteiger partial charge in [0, 0.05) is 18.8 Å². The van der Waals surface area contributed by atoms with Gasteiger partial charge >= 0.3 is 0 Å². The highest BCUT2D eigenvalue weighted by molar-refractivity contribution is 9.10. The number of rotatable bonds is 4. The van der Waals surface area contributed by atoms with Crippen LogP contribution in [0.4, 0.5) is 10.1 Å². The largest absolute Gasteiger partial charge is 0.321 e. The molecule has 0 fully saturated rings. The quantitative estimate of drug-likeness (QED) is 0.916. The van der Waals surface area contributed by atoms with Crippen molar-refractivity contribution in [3.63, 3.8) is 0 Å². The summed E-state index contributed by atoms with van der Waals surface area (Å²) < 4.78 is 15.1. The Morgan fingerprint density at radius 3 is 2.81 bits per heavy atom. The smallest absolute Gasteiger partial charge is 0.256 e. The Labute approximate surface area is 129 Å². The normalized spacial score (nSPS) is 10.4. The fraction of sp³-hybridized carbons (Fsp3) is 0.200. The fourth-order valence-electron chi connectivity index (χ4n) is 1.90. The Balaban J connectivity index is 2.25. The molecular formula is C15H14BrFN2O2. The molecule has 1 heterocycles. The number of anilines is 1. The number of amides is 1. The van der Waals surface area contributed by atoms with Crippen molar-refractivity contribution in [1.29, 1.82) is 0 Å². The lowest BCUT2D eigenvalue weighted by Gasteiger charge is -2.10. The standard InChI is InChI=1S/C15H14BrFN2O2/c1-2-8-19-9-10(6-7-13(19)20)18-15(21)11-4-3-5-12(17)14(11)16/h3-7,9H,2,8H2,1H3,(H,18,21). The number of nitrogens with one attached hydrogen (secondary N) is 1. The van der Waals surface area contributed by atoms with Crippen LogP contribution in [0, 0.1) is 5.82 Å². The summed E-state index contributed by atoms with van der Waals surface area (Å²) in [6, 6.07) is 7.17. The number of hydrogen-bond acceptors (Lipinski definition) is 2. The molecule has 0 unspecified atom stereocenters. The predicted octanol–water partition coefficient (Wildman–Crippen LogP) is 3.41. The van der Waals surface area contributed by atoms with E-state index in [0.29, 0.717) is 12.2 Å². The van der Waals surface area contributed by atoms with E-state index in [1.54, 1.807) is 6.20 Å². The van der Waals surface area contributed by atoms with Gasteiger partial charge in [-0.2, -0.15) is 0 Å². The molecule has 0 atom stereocenters. The Bertz CT molecular complexity index is 728. The maximum absolute atomic E-state index is 13.4. The Kier molecular flexibility index (Phi) is 4.90. The molecule has 0 radical (unpaired) electrons. The third-order valence-corrected chi connectivity index (χ3v) is 3.71. The first-order valence-electron chi connectivity index (χ1n) is 6.48. The molecule has 0 saturated carbocycles. The van der Waals surface area contributed by atoms with Crippen LogP contribution in [0.25, 0.3) is 0 Å². The van der Waals surface area contributed by atoms with Crippen LogP contribution in [0.5, 0.6) is 0 Å². The zero-order chi connectivity index (χ0) is 15.4. The Morgan fingerprint density at radius 2 is 2.10 bits per heavy atom. The predicted molar refractivity (Wildman–Crippen MR) is 83.0 cm³/mol. The van der Waals surface area contributed by atoms with E-state index < -0.39 is 11.7 Å². The minimum atomic E-state index is -0.501. The molecule has 4 nitrogen and oxygen atoms in total. The SMILES string of the molecule is CCCn1cc(NC(=O)c2cccc(F)c2Br)ccc1=O. The second-order valence-corrected chi connectivity index (χ2v) is 5.30. The summed E-state index contributed by atoms with van der Waals surface area (Å²) in [5, 5.41) is 2.66. The van der Waals surface area contributed by atoms with Gasteiger partial charge in [-0.15, -0.1) is 0 Å². The van der Waals surface area contributed by atoms with E-state index in [1.807, 2.05) is 6.92 Å². The molecule has 0 bridgehead atoms. The number of aromatic nitrogens is 1. The highest BCUT2D eigenvalue weighted by Crippen LogP contribution is 2.21. The summed E-state index contributed by atoms with van der Waals surface area (Å²) in [5.41, 5.74) is 0.564. The molecule has 1 aromatic carbocycles. The van der Waals surface area contributed by atoms with Gasteiger partial charge in [0.05, 0.1) is 15.7 Å². The van der Waals surface area contributed by atoms with Crippen molar-refractivity contribution >= 4 is 27.5 Å². The molecule has 1 amide bonds. The number of benzene rings is 1. The summed E-state index contributed by atoms with van der Waals surface area (Å²) in [7, 11) is 0. The molecule has 0 aliphatic heterocycles. The maximum atomic E-state index is 13.4. The number of carbonyl (C=O) groups excluding carboxylic acids is 1. The average Bonchev–Trinajstić information content (AvgIpc) is 2.45. The van der Waals surface area contributed by atoms with Crippen LogP contribution in [0.2, 0.25) is 0 Å². The van der Waals surface area contributed by atoms with Crippen molar-refractivity contribution in [2.75, 3.05) is 5.32 Å². The van der Waals surface area contributed by atoms with Crippen molar-refractivity contribution < 1.29 is 9.18 Å². The second-order valence-electron chi connectivity index (χ2n) is 4.50. The van der Waals surface area contributed by atoms with Gasteiger partial charge in [-0.05, 0) is 40.5 Å². The van der Waals surface area contributed by atoms with Crippen LogP contribution < -0.4 is 10.9 Å². The van der Waals surface area contributed by atoms with Crippen LogP contribution >= 0.6 is 15.9 Å². The molecule has 1 N–H and O–H groups in total. The number of halogens is 2. The molecular weight excluding hydrogens is 339 g/mol. The topological polar surface area (TPSA) is 51.1 Å². The van der Waals surface area contributed by atoms with Gasteiger partial charge in [-0.25, -0.2) is 4.39 Å². The molecule has 2 aromatic rings. The first-order chi connectivity index (χ1) is 10.0. The van der Waals surface area contributed by atoms with Crippen LogP contribution in [0.3, 0.4) is 0 Å². The number of hydrogen-bond donors (Lipinski definition) is 1. The molecule has 0 aliphatic carbocycles. The summed E-state index contributed by atoms with van der Waals surface area (Å²) in [5.74, 6) is -0.943. The number of pyridine rings is 1. The summed E-state index contributed by atoms with van der Waals surface area (Å²) >= 11 is 3.05. The van der Waals surface area contributed by atoms with E-state index in [-0.39, 0.29) is 15.6 Å². The van der Waals surface area contributed by atoms with Gasteiger partial charge in [0.25, 0.3) is 11.5 Å². The molecule has 0 spiro atoms. The Morgan fingerprint density at radius 1 is 1.33 bits per heavy atom. The van der Waals surface area contributed by atoms with E-state index in [4.69, 9.17) is 0 Å². The van der Waals surface area contributed by atoms with E-state index in [2.05, 4.69) is 21.2 Å². The van der Waals surface area contributed by atoms with Gasteiger partial charge in [-0.3, -0.25) is 9.59 Å². The molecule has 21 heavy (non-hydrogen) atoms. The molecule has 0 saturated heterocycles. The van der Waals surface area contributed by atoms with Crippen LogP contribution in [0.15, 0.2) is 45.8 Å². The van der Waals surface area contributed by atoms with Crippen molar-refractivity contribution in [3.8, 4) is 0 Å². The van der Waals surface area contributed by atoms with Crippen LogP contribution in [-0.4, -0.2) is 10.5 Å². The highest BCUT2D eigenvalue weighted by Gasteiger charge is 2.13. The first kappa shape index (κ1) is 15.4. The third-order valence-electron chi connectivity index (χ3n) is 2.90. The van der Waals surface area contributed by atoms with Crippen LogP contribution in [0.1, 0.15) is 23.7 Å². The average molecular weight is 353 g/mol. The van der Waals surface area contributed by atoms with Crippen molar-refractivity contribution in [1.82, 2.24) is 4.57 Å². The van der Waals surface area contributed by atoms with E-state index in [9.17, 15) is 14.0 Å². The first-order valence-corrected chi connectivity index (χ1v) is 7.28. The van der Waals surface area contributed by atoms with Crippen molar-refractivity contribution in [3.05, 3.63) is 62.7 Å². The third kappa shape index (κ3) is 3.58. The molecule has 1 aromatic heterocycles. The summed E-state index contributed by atoms with van der Waals surface area (Å²) in [6.07, 6.45) is 2.39. The van der Waals surface area contributed by atoms with Gasteiger partial charge < -0.3 is 9.88 Å². The van der Waals surface area contributed by atoms with Gasteiger partial charge in [0.2, 0.25) is 0 Å². The highest BCUT2D eigenvalue weighted by atomic mass is 79.9. The maximum Gasteiger partial charge on any atom is 0.256 e. The summed E-state index contributed by atoms with van der Waals surface area (Å²) in [4.78, 5) is 23.8. The van der Waals surface area contributed by atoms with Crippen molar-refractivity contribution in [2.24, 2.45) is 0 Å². The molecule has 6 heteroatoms. The van der Waals surface area contributed by atoms with E-state index in [0.717, 1.165) is 6.42 Å². The number of carbonyl (C=O) groups is 1. The number of aryl methyl sites for hydroxylation is 1. The Hall–Kier alpha value is -1.95.